The molecule has 2 N–H and O–H groups in total. The average Bonchev–Trinajstić information content (AvgIpc) is 3.07. The van der Waals surface area contributed by atoms with E-state index in [1.807, 2.05) is 6.07 Å². The number of para-hydroxylation sites is 2. The number of nitrogens with one attached hydrogen (secondary N) is 2. The molecule has 0 amide bonds. The molecule has 3 rings (SSSR count). The molecule has 4 heteroatoms. The molecule has 1 aromatic heterocycles. The number of nitrogens with zero attached hydrogens (tertiary/aromatic N) is 2. The normalized spacial score (nSPS) is 19.2. The van der Waals surface area contributed by atoms with Gasteiger partial charge in [-0.2, -0.15) is 0 Å². The summed E-state index contributed by atoms with van der Waals surface area (Å²) < 4.78 is 0. The molecule has 1 atom stereocenters. The minimum absolute atomic E-state index is 0.658. The lowest BCUT2D eigenvalue weighted by Crippen LogP contribution is -2.37. The zero-order chi connectivity index (χ0) is 13.8. The number of hydrogen-bond acceptors (Lipinski definition) is 3. The second-order valence-electron chi connectivity index (χ2n) is 5.73. The second-order valence-corrected chi connectivity index (χ2v) is 5.73. The summed E-state index contributed by atoms with van der Waals surface area (Å²) in [6, 6.07) is 8.91. The average molecular weight is 272 g/mol. The fraction of sp³-hybridized carbons (Fsp3) is 0.562. The van der Waals surface area contributed by atoms with Gasteiger partial charge in [0.2, 0.25) is 0 Å². The van der Waals surface area contributed by atoms with Crippen molar-refractivity contribution in [2.24, 2.45) is 0 Å². The zero-order valence-corrected chi connectivity index (χ0v) is 12.2. The summed E-state index contributed by atoms with van der Waals surface area (Å²) in [5.74, 6) is 1.08. The first-order chi connectivity index (χ1) is 9.85. The van der Waals surface area contributed by atoms with Gasteiger partial charge < -0.3 is 10.3 Å². The Morgan fingerprint density at radius 3 is 3.00 bits per heavy atom. The van der Waals surface area contributed by atoms with Crippen molar-refractivity contribution in [2.75, 3.05) is 19.6 Å². The third-order valence-electron chi connectivity index (χ3n) is 3.99. The van der Waals surface area contributed by atoms with E-state index in [-0.39, 0.29) is 0 Å². The van der Waals surface area contributed by atoms with Crippen LogP contribution < -0.4 is 5.32 Å². The summed E-state index contributed by atoms with van der Waals surface area (Å²) >= 11 is 0. The SMILES string of the molecule is CCCN(Cc1nc2ccccc2[nH]1)CC1CCCN1. The van der Waals surface area contributed by atoms with Gasteiger partial charge in [0.25, 0.3) is 0 Å². The molecule has 1 aromatic carbocycles. The lowest BCUT2D eigenvalue weighted by molar-refractivity contribution is 0.237. The predicted octanol–water partition coefficient (Wildman–Crippen LogP) is 2.53. The van der Waals surface area contributed by atoms with Gasteiger partial charge in [-0.05, 0) is 44.5 Å². The maximum atomic E-state index is 4.69. The summed E-state index contributed by atoms with van der Waals surface area (Å²) in [5.41, 5.74) is 2.20. The van der Waals surface area contributed by atoms with Gasteiger partial charge in [-0.25, -0.2) is 4.98 Å². The lowest BCUT2D eigenvalue weighted by atomic mass is 10.2. The largest absolute Gasteiger partial charge is 0.341 e. The molecule has 4 nitrogen and oxygen atoms in total. The smallest absolute Gasteiger partial charge is 0.121 e. The van der Waals surface area contributed by atoms with Crippen molar-refractivity contribution in [1.29, 1.82) is 0 Å². The predicted molar refractivity (Wildman–Crippen MR) is 82.7 cm³/mol. The van der Waals surface area contributed by atoms with Gasteiger partial charge in [0.15, 0.2) is 0 Å². The van der Waals surface area contributed by atoms with E-state index in [1.54, 1.807) is 0 Å². The van der Waals surface area contributed by atoms with Gasteiger partial charge in [0, 0.05) is 12.6 Å². The fourth-order valence-electron chi connectivity index (χ4n) is 3.07. The van der Waals surface area contributed by atoms with E-state index < -0.39 is 0 Å². The molecule has 2 heterocycles. The van der Waals surface area contributed by atoms with Crippen LogP contribution in [0, 0.1) is 0 Å². The van der Waals surface area contributed by atoms with E-state index in [2.05, 4.69) is 40.3 Å². The minimum Gasteiger partial charge on any atom is -0.341 e. The summed E-state index contributed by atoms with van der Waals surface area (Å²) in [5, 5.41) is 3.59. The third kappa shape index (κ3) is 3.19. The number of fused-ring (bicyclic) bond motifs is 1. The van der Waals surface area contributed by atoms with Crippen LogP contribution in [-0.4, -0.2) is 40.5 Å². The van der Waals surface area contributed by atoms with Crippen molar-refractivity contribution >= 4 is 11.0 Å². The zero-order valence-electron chi connectivity index (χ0n) is 12.2. The number of aromatic nitrogens is 2. The molecule has 1 aliphatic rings. The Morgan fingerprint density at radius 2 is 2.25 bits per heavy atom. The topological polar surface area (TPSA) is 44.0 Å². The highest BCUT2D eigenvalue weighted by atomic mass is 15.2. The Balaban J connectivity index is 1.68. The number of imidazole rings is 1. The molecule has 0 aliphatic carbocycles. The van der Waals surface area contributed by atoms with Gasteiger partial charge in [0.05, 0.1) is 17.6 Å². The molecule has 1 saturated heterocycles. The quantitative estimate of drug-likeness (QED) is 0.849. The first kappa shape index (κ1) is 13.6. The summed E-state index contributed by atoms with van der Waals surface area (Å²) in [7, 11) is 0. The van der Waals surface area contributed by atoms with Crippen LogP contribution in [-0.2, 0) is 6.54 Å². The first-order valence-electron chi connectivity index (χ1n) is 7.74. The summed E-state index contributed by atoms with van der Waals surface area (Å²) in [6.07, 6.45) is 3.81. The van der Waals surface area contributed by atoms with Crippen LogP contribution in [0.15, 0.2) is 24.3 Å². The van der Waals surface area contributed by atoms with Crippen molar-refractivity contribution in [2.45, 2.75) is 38.8 Å². The fourth-order valence-corrected chi connectivity index (χ4v) is 3.07. The van der Waals surface area contributed by atoms with Crippen LogP contribution in [0.5, 0.6) is 0 Å². The Morgan fingerprint density at radius 1 is 1.35 bits per heavy atom. The Hall–Kier alpha value is -1.39. The molecule has 1 unspecified atom stereocenters. The molecule has 108 valence electrons. The van der Waals surface area contributed by atoms with E-state index in [4.69, 9.17) is 4.98 Å². The number of benzene rings is 1. The van der Waals surface area contributed by atoms with Crippen molar-refractivity contribution in [3.05, 3.63) is 30.1 Å². The van der Waals surface area contributed by atoms with Crippen molar-refractivity contribution in [3.63, 3.8) is 0 Å². The summed E-state index contributed by atoms with van der Waals surface area (Å²) in [6.45, 7) is 6.60. The maximum Gasteiger partial charge on any atom is 0.121 e. The van der Waals surface area contributed by atoms with Crippen molar-refractivity contribution in [1.82, 2.24) is 20.2 Å². The van der Waals surface area contributed by atoms with Gasteiger partial charge in [0.1, 0.15) is 5.82 Å². The van der Waals surface area contributed by atoms with Gasteiger partial charge >= 0.3 is 0 Å². The van der Waals surface area contributed by atoms with Crippen LogP contribution in [0.3, 0.4) is 0 Å². The highest BCUT2D eigenvalue weighted by Crippen LogP contribution is 2.13. The molecule has 2 aromatic rings. The van der Waals surface area contributed by atoms with Crippen LogP contribution in [0.1, 0.15) is 32.0 Å². The van der Waals surface area contributed by atoms with Gasteiger partial charge in [-0.1, -0.05) is 19.1 Å². The van der Waals surface area contributed by atoms with Crippen molar-refractivity contribution < 1.29 is 0 Å². The molecule has 0 bridgehead atoms. The van der Waals surface area contributed by atoms with Crippen LogP contribution in [0.25, 0.3) is 11.0 Å². The Labute approximate surface area is 120 Å². The van der Waals surface area contributed by atoms with Crippen LogP contribution in [0.2, 0.25) is 0 Å². The highest BCUT2D eigenvalue weighted by molar-refractivity contribution is 5.74. The monoisotopic (exact) mass is 272 g/mol. The van der Waals surface area contributed by atoms with Crippen LogP contribution in [0.4, 0.5) is 0 Å². The van der Waals surface area contributed by atoms with Gasteiger partial charge in [-0.3, -0.25) is 4.90 Å². The van der Waals surface area contributed by atoms with E-state index in [1.165, 1.54) is 25.8 Å². The molecule has 1 aliphatic heterocycles. The minimum atomic E-state index is 0.658. The molecule has 20 heavy (non-hydrogen) atoms. The van der Waals surface area contributed by atoms with E-state index >= 15 is 0 Å². The Bertz CT molecular complexity index is 509. The maximum absolute atomic E-state index is 4.69. The third-order valence-corrected chi connectivity index (χ3v) is 3.99. The molecule has 0 spiro atoms. The number of aromatic amines is 1. The van der Waals surface area contributed by atoms with Crippen molar-refractivity contribution in [3.8, 4) is 0 Å². The molecular weight excluding hydrogens is 248 g/mol. The molecule has 0 radical (unpaired) electrons. The highest BCUT2D eigenvalue weighted by Gasteiger charge is 2.18. The molecular formula is C16H24N4. The Kier molecular flexibility index (Phi) is 4.33. The van der Waals surface area contributed by atoms with Crippen LogP contribution >= 0.6 is 0 Å². The molecule has 0 saturated carbocycles. The van der Waals surface area contributed by atoms with E-state index in [0.717, 1.165) is 36.5 Å². The van der Waals surface area contributed by atoms with Gasteiger partial charge in [-0.15, -0.1) is 0 Å². The first-order valence-corrected chi connectivity index (χ1v) is 7.74. The second kappa shape index (κ2) is 6.37. The number of H-pyrrole nitrogens is 1. The lowest BCUT2D eigenvalue weighted by Gasteiger charge is -2.24. The van der Waals surface area contributed by atoms with E-state index in [0.29, 0.717) is 6.04 Å². The standard InChI is InChI=1S/C16H24N4/c1-2-10-20(11-13-6-5-9-17-13)12-16-18-14-7-3-4-8-15(14)19-16/h3-4,7-8,13,17H,2,5-6,9-12H2,1H3,(H,18,19). The van der Waals surface area contributed by atoms with E-state index in [9.17, 15) is 0 Å². The molecule has 1 fully saturated rings. The summed E-state index contributed by atoms with van der Waals surface area (Å²) in [4.78, 5) is 10.6. The number of rotatable bonds is 6. The number of hydrogen-bond donors (Lipinski definition) is 2.